The Morgan fingerprint density at radius 1 is 1.00 bits per heavy atom. The summed E-state index contributed by atoms with van der Waals surface area (Å²) in [6, 6.07) is 8.73. The Hall–Kier alpha value is -2.55. The fourth-order valence-corrected chi connectivity index (χ4v) is 3.27. The molecule has 1 N–H and O–H groups in total. The van der Waals surface area contributed by atoms with Crippen LogP contribution in [-0.4, -0.2) is 33.7 Å². The third-order valence-corrected chi connectivity index (χ3v) is 4.70. The number of sulfonamides is 1. The Labute approximate surface area is 149 Å². The highest BCUT2D eigenvalue weighted by Gasteiger charge is 2.24. The Kier molecular flexibility index (Phi) is 6.25. The van der Waals surface area contributed by atoms with Crippen molar-refractivity contribution in [3.8, 4) is 0 Å². The van der Waals surface area contributed by atoms with Crippen LogP contribution in [0.15, 0.2) is 42.5 Å². The standard InChI is InChI=1S/C17H17F3N2O3S/c1-26(24,25)22(17-14(19)7-4-8-15(17)20)10-9-21-16(23)11-12-5-2-3-6-13(12)18/h2-8H,9-11H2,1H3,(H,21,23). The number of amides is 1. The van der Waals surface area contributed by atoms with Crippen LogP contribution in [0.5, 0.6) is 0 Å². The first kappa shape index (κ1) is 19.8. The van der Waals surface area contributed by atoms with E-state index < -0.39 is 39.1 Å². The van der Waals surface area contributed by atoms with Crippen molar-refractivity contribution in [2.24, 2.45) is 0 Å². The van der Waals surface area contributed by atoms with E-state index in [9.17, 15) is 26.4 Å². The van der Waals surface area contributed by atoms with Gasteiger partial charge >= 0.3 is 0 Å². The lowest BCUT2D eigenvalue weighted by atomic mass is 10.1. The maximum atomic E-state index is 13.9. The van der Waals surface area contributed by atoms with Crippen LogP contribution in [0.25, 0.3) is 0 Å². The molecular formula is C17H17F3N2O3S. The van der Waals surface area contributed by atoms with Crippen LogP contribution in [0.2, 0.25) is 0 Å². The Bertz CT molecular complexity index is 884. The highest BCUT2D eigenvalue weighted by Crippen LogP contribution is 2.24. The predicted molar refractivity (Wildman–Crippen MR) is 91.7 cm³/mol. The summed E-state index contributed by atoms with van der Waals surface area (Å²) in [5, 5.41) is 2.41. The molecule has 2 aromatic rings. The van der Waals surface area contributed by atoms with E-state index in [0.717, 1.165) is 24.5 Å². The van der Waals surface area contributed by atoms with Crippen LogP contribution in [0.3, 0.4) is 0 Å². The van der Waals surface area contributed by atoms with Crippen molar-refractivity contribution in [2.75, 3.05) is 23.7 Å². The number of hydrogen-bond donors (Lipinski definition) is 1. The molecule has 0 aliphatic rings. The van der Waals surface area contributed by atoms with Crippen molar-refractivity contribution in [1.29, 1.82) is 0 Å². The van der Waals surface area contributed by atoms with E-state index in [0.29, 0.717) is 4.31 Å². The van der Waals surface area contributed by atoms with Gasteiger partial charge < -0.3 is 5.32 Å². The number of halogens is 3. The molecule has 0 spiro atoms. The summed E-state index contributed by atoms with van der Waals surface area (Å²) in [7, 11) is -3.98. The average molecular weight is 386 g/mol. The van der Waals surface area contributed by atoms with Gasteiger partial charge in [0.1, 0.15) is 11.5 Å². The number of nitrogens with zero attached hydrogens (tertiary/aromatic N) is 1. The van der Waals surface area contributed by atoms with Gasteiger partial charge in [-0.1, -0.05) is 24.3 Å². The molecule has 0 aliphatic heterocycles. The molecule has 140 valence electrons. The Morgan fingerprint density at radius 3 is 2.15 bits per heavy atom. The number of benzene rings is 2. The maximum Gasteiger partial charge on any atom is 0.232 e. The van der Waals surface area contributed by atoms with Crippen LogP contribution in [0.4, 0.5) is 18.9 Å². The number of carbonyl (C=O) groups excluding carboxylic acids is 1. The highest BCUT2D eigenvalue weighted by molar-refractivity contribution is 7.92. The largest absolute Gasteiger partial charge is 0.354 e. The molecule has 2 aromatic carbocycles. The van der Waals surface area contributed by atoms with Gasteiger partial charge in [0, 0.05) is 6.54 Å². The molecule has 0 aromatic heterocycles. The van der Waals surface area contributed by atoms with Gasteiger partial charge in [-0.15, -0.1) is 0 Å². The topological polar surface area (TPSA) is 66.5 Å². The third kappa shape index (κ3) is 4.98. The van der Waals surface area contributed by atoms with E-state index in [1.807, 2.05) is 0 Å². The normalized spacial score (nSPS) is 11.2. The van der Waals surface area contributed by atoms with Crippen molar-refractivity contribution in [2.45, 2.75) is 6.42 Å². The minimum atomic E-state index is -3.98. The number of para-hydroxylation sites is 1. The third-order valence-electron chi connectivity index (χ3n) is 3.53. The van der Waals surface area contributed by atoms with Gasteiger partial charge in [-0.25, -0.2) is 21.6 Å². The molecule has 0 heterocycles. The van der Waals surface area contributed by atoms with E-state index in [1.54, 1.807) is 6.07 Å². The number of nitrogens with one attached hydrogen (secondary N) is 1. The van der Waals surface area contributed by atoms with Crippen molar-refractivity contribution in [3.05, 3.63) is 65.5 Å². The van der Waals surface area contributed by atoms with Gasteiger partial charge in [0.05, 0.1) is 19.2 Å². The molecular weight excluding hydrogens is 369 g/mol. The van der Waals surface area contributed by atoms with Gasteiger partial charge in [-0.3, -0.25) is 9.10 Å². The summed E-state index contributed by atoms with van der Waals surface area (Å²) in [4.78, 5) is 11.9. The van der Waals surface area contributed by atoms with Gasteiger partial charge in [0.25, 0.3) is 0 Å². The summed E-state index contributed by atoms with van der Waals surface area (Å²) in [6.45, 7) is -0.576. The molecule has 26 heavy (non-hydrogen) atoms. The molecule has 1 amide bonds. The van der Waals surface area contributed by atoms with Gasteiger partial charge in [-0.2, -0.15) is 0 Å². The summed E-state index contributed by atoms with van der Waals surface area (Å²) in [5.41, 5.74) is -0.525. The van der Waals surface area contributed by atoms with Crippen molar-refractivity contribution >= 4 is 21.6 Å². The Balaban J connectivity index is 2.05. The first-order valence-corrected chi connectivity index (χ1v) is 9.47. The Morgan fingerprint density at radius 2 is 1.58 bits per heavy atom. The lowest BCUT2D eigenvalue weighted by Crippen LogP contribution is -2.39. The monoisotopic (exact) mass is 386 g/mol. The zero-order valence-electron chi connectivity index (χ0n) is 13.9. The number of hydrogen-bond acceptors (Lipinski definition) is 3. The summed E-state index contributed by atoms with van der Waals surface area (Å²) in [5.74, 6) is -3.15. The quantitative estimate of drug-likeness (QED) is 0.794. The molecule has 9 heteroatoms. The summed E-state index contributed by atoms with van der Waals surface area (Å²) >= 11 is 0. The lowest BCUT2D eigenvalue weighted by molar-refractivity contribution is -0.120. The number of anilines is 1. The smallest absolute Gasteiger partial charge is 0.232 e. The van der Waals surface area contributed by atoms with Crippen LogP contribution < -0.4 is 9.62 Å². The van der Waals surface area contributed by atoms with E-state index in [1.165, 1.54) is 18.2 Å². The second-order valence-corrected chi connectivity index (χ2v) is 7.43. The van der Waals surface area contributed by atoms with E-state index >= 15 is 0 Å². The first-order valence-electron chi connectivity index (χ1n) is 7.62. The van der Waals surface area contributed by atoms with Crippen LogP contribution in [0.1, 0.15) is 5.56 Å². The SMILES string of the molecule is CS(=O)(=O)N(CCNC(=O)Cc1ccccc1F)c1c(F)cccc1F. The molecule has 0 saturated heterocycles. The number of rotatable bonds is 7. The highest BCUT2D eigenvalue weighted by atomic mass is 32.2. The molecule has 0 fully saturated rings. The molecule has 5 nitrogen and oxygen atoms in total. The molecule has 0 aliphatic carbocycles. The van der Waals surface area contributed by atoms with Crippen molar-refractivity contribution in [3.63, 3.8) is 0 Å². The molecule has 0 bridgehead atoms. The summed E-state index contributed by atoms with van der Waals surface area (Å²) in [6.07, 6.45) is 0.569. The van der Waals surface area contributed by atoms with Crippen molar-refractivity contribution < 1.29 is 26.4 Å². The minimum absolute atomic E-state index is 0.185. The lowest BCUT2D eigenvalue weighted by Gasteiger charge is -2.23. The van der Waals surface area contributed by atoms with Gasteiger partial charge in [0.15, 0.2) is 11.6 Å². The van der Waals surface area contributed by atoms with E-state index in [-0.39, 0.29) is 25.1 Å². The zero-order chi connectivity index (χ0) is 19.3. The average Bonchev–Trinajstić information content (AvgIpc) is 2.54. The van der Waals surface area contributed by atoms with Crippen LogP contribution >= 0.6 is 0 Å². The van der Waals surface area contributed by atoms with Gasteiger partial charge in [-0.05, 0) is 23.8 Å². The predicted octanol–water partition coefficient (Wildman–Crippen LogP) is 2.23. The second kappa shape index (κ2) is 8.22. The van der Waals surface area contributed by atoms with E-state index in [4.69, 9.17) is 0 Å². The van der Waals surface area contributed by atoms with Crippen molar-refractivity contribution in [1.82, 2.24) is 5.32 Å². The van der Waals surface area contributed by atoms with Gasteiger partial charge in [0.2, 0.25) is 15.9 Å². The fraction of sp³-hybridized carbons (Fsp3) is 0.235. The van der Waals surface area contributed by atoms with Crippen LogP contribution in [-0.2, 0) is 21.2 Å². The summed E-state index contributed by atoms with van der Waals surface area (Å²) < 4.78 is 65.6. The number of carbonyl (C=O) groups is 1. The maximum absolute atomic E-state index is 13.9. The van der Waals surface area contributed by atoms with E-state index in [2.05, 4.69) is 5.32 Å². The molecule has 0 unspecified atom stereocenters. The van der Waals surface area contributed by atoms with Crippen LogP contribution in [0, 0.1) is 17.5 Å². The molecule has 2 rings (SSSR count). The fourth-order valence-electron chi connectivity index (χ4n) is 2.34. The molecule has 0 radical (unpaired) electrons. The minimum Gasteiger partial charge on any atom is -0.354 e. The zero-order valence-corrected chi connectivity index (χ0v) is 14.7. The first-order chi connectivity index (χ1) is 12.2. The second-order valence-electron chi connectivity index (χ2n) is 5.52. The molecule has 0 atom stereocenters. The molecule has 0 saturated carbocycles.